The van der Waals surface area contributed by atoms with Gasteiger partial charge in [0.15, 0.2) is 0 Å². The smallest absolute Gasteiger partial charge is 0.0991 e. The van der Waals surface area contributed by atoms with Crippen molar-refractivity contribution >= 4 is 17.6 Å². The standard InChI is InChI=1S/C22H25N3/c1-15-10-21-20(16(2)12-22(3,4)25(21)5)11-18(15)14-24-19-8-6-17(13-23)7-9-19/h6-11,14,16H,12H2,1-5H3. The minimum atomic E-state index is 0.178. The van der Waals surface area contributed by atoms with Crippen LogP contribution in [0.25, 0.3) is 0 Å². The third-order valence-corrected chi connectivity index (χ3v) is 5.37. The van der Waals surface area contributed by atoms with Crippen molar-refractivity contribution in [1.29, 1.82) is 5.26 Å². The highest BCUT2D eigenvalue weighted by atomic mass is 15.2. The SMILES string of the molecule is Cc1cc2c(cc1C=Nc1ccc(C#N)cc1)C(C)CC(C)(C)N2C. The van der Waals surface area contributed by atoms with Gasteiger partial charge in [-0.3, -0.25) is 4.99 Å². The molecule has 0 amide bonds. The van der Waals surface area contributed by atoms with Crippen LogP contribution in [0.2, 0.25) is 0 Å². The fourth-order valence-corrected chi connectivity index (χ4v) is 3.64. The zero-order valence-electron chi connectivity index (χ0n) is 15.7. The predicted molar refractivity (Wildman–Crippen MR) is 105 cm³/mol. The van der Waals surface area contributed by atoms with Gasteiger partial charge in [0, 0.05) is 24.5 Å². The summed E-state index contributed by atoms with van der Waals surface area (Å²) < 4.78 is 0. The molecule has 3 rings (SSSR count). The molecule has 1 atom stereocenters. The number of aryl methyl sites for hydroxylation is 1. The van der Waals surface area contributed by atoms with Crippen LogP contribution in [0.15, 0.2) is 41.4 Å². The summed E-state index contributed by atoms with van der Waals surface area (Å²) in [5, 5.41) is 8.88. The normalized spacial score (nSPS) is 18.9. The third-order valence-electron chi connectivity index (χ3n) is 5.37. The van der Waals surface area contributed by atoms with Crippen molar-refractivity contribution in [3.63, 3.8) is 0 Å². The van der Waals surface area contributed by atoms with E-state index in [0.717, 1.165) is 17.7 Å². The lowest BCUT2D eigenvalue weighted by Crippen LogP contribution is -2.45. The van der Waals surface area contributed by atoms with Gasteiger partial charge in [0.05, 0.1) is 17.3 Å². The van der Waals surface area contributed by atoms with Crippen LogP contribution in [0.4, 0.5) is 11.4 Å². The molecule has 3 nitrogen and oxygen atoms in total. The number of rotatable bonds is 2. The van der Waals surface area contributed by atoms with Crippen molar-refractivity contribution in [2.75, 3.05) is 11.9 Å². The van der Waals surface area contributed by atoms with Crippen molar-refractivity contribution in [2.45, 2.75) is 45.6 Å². The molecule has 0 bridgehead atoms. The Morgan fingerprint density at radius 2 is 1.92 bits per heavy atom. The maximum absolute atomic E-state index is 8.88. The Morgan fingerprint density at radius 3 is 2.56 bits per heavy atom. The largest absolute Gasteiger partial charge is 0.369 e. The van der Waals surface area contributed by atoms with Crippen molar-refractivity contribution in [3.8, 4) is 6.07 Å². The number of benzene rings is 2. The van der Waals surface area contributed by atoms with Gasteiger partial charge in [-0.05, 0) is 86.2 Å². The van der Waals surface area contributed by atoms with E-state index in [9.17, 15) is 0 Å². The molecular weight excluding hydrogens is 306 g/mol. The number of aliphatic imine (C=N–C) groups is 1. The molecule has 0 aromatic heterocycles. The fraction of sp³-hybridized carbons (Fsp3) is 0.364. The van der Waals surface area contributed by atoms with E-state index < -0.39 is 0 Å². The minimum Gasteiger partial charge on any atom is -0.369 e. The van der Waals surface area contributed by atoms with E-state index in [4.69, 9.17) is 5.26 Å². The maximum atomic E-state index is 8.88. The zero-order valence-corrected chi connectivity index (χ0v) is 15.7. The monoisotopic (exact) mass is 331 g/mol. The van der Waals surface area contributed by atoms with E-state index >= 15 is 0 Å². The maximum Gasteiger partial charge on any atom is 0.0991 e. The van der Waals surface area contributed by atoms with Crippen LogP contribution < -0.4 is 4.90 Å². The summed E-state index contributed by atoms with van der Waals surface area (Å²) in [5.41, 5.74) is 6.81. The second kappa shape index (κ2) is 6.37. The molecule has 1 unspecified atom stereocenters. The Hall–Kier alpha value is -2.60. The predicted octanol–water partition coefficient (Wildman–Crippen LogP) is 5.34. The number of hydrogen-bond donors (Lipinski definition) is 0. The van der Waals surface area contributed by atoms with Crippen LogP contribution in [0.1, 0.15) is 55.4 Å². The summed E-state index contributed by atoms with van der Waals surface area (Å²) in [4.78, 5) is 6.99. The van der Waals surface area contributed by atoms with Crippen LogP contribution >= 0.6 is 0 Å². The molecule has 2 aromatic carbocycles. The molecule has 25 heavy (non-hydrogen) atoms. The summed E-state index contributed by atoms with van der Waals surface area (Å²) in [6, 6.07) is 14.0. The Kier molecular flexibility index (Phi) is 4.39. The first-order valence-electron chi connectivity index (χ1n) is 8.74. The molecule has 1 aliphatic heterocycles. The minimum absolute atomic E-state index is 0.178. The van der Waals surface area contributed by atoms with Gasteiger partial charge < -0.3 is 4.90 Å². The molecule has 0 aliphatic carbocycles. The van der Waals surface area contributed by atoms with Crippen molar-refractivity contribution in [2.24, 2.45) is 4.99 Å². The van der Waals surface area contributed by atoms with Gasteiger partial charge in [-0.1, -0.05) is 6.92 Å². The summed E-state index contributed by atoms with van der Waals surface area (Å²) in [5.74, 6) is 0.531. The highest BCUT2D eigenvalue weighted by Gasteiger charge is 2.34. The fourth-order valence-electron chi connectivity index (χ4n) is 3.64. The Morgan fingerprint density at radius 1 is 1.24 bits per heavy atom. The lowest BCUT2D eigenvalue weighted by atomic mass is 9.79. The van der Waals surface area contributed by atoms with Gasteiger partial charge >= 0.3 is 0 Å². The Balaban J connectivity index is 1.95. The van der Waals surface area contributed by atoms with Crippen LogP contribution in [-0.2, 0) is 0 Å². The number of hydrogen-bond acceptors (Lipinski definition) is 3. The molecule has 3 heteroatoms. The van der Waals surface area contributed by atoms with Gasteiger partial charge in [-0.15, -0.1) is 0 Å². The Bertz CT molecular complexity index is 854. The average molecular weight is 331 g/mol. The molecule has 2 aromatic rings. The quantitative estimate of drug-likeness (QED) is 0.697. The van der Waals surface area contributed by atoms with E-state index in [2.05, 4.69) is 62.8 Å². The molecule has 0 N–H and O–H groups in total. The number of nitrogens with zero attached hydrogens (tertiary/aromatic N) is 3. The first-order valence-corrected chi connectivity index (χ1v) is 8.74. The highest BCUT2D eigenvalue weighted by Crippen LogP contribution is 2.43. The number of nitriles is 1. The first-order chi connectivity index (χ1) is 11.8. The summed E-state index contributed by atoms with van der Waals surface area (Å²) >= 11 is 0. The molecular formula is C22H25N3. The first kappa shape index (κ1) is 17.2. The van der Waals surface area contributed by atoms with Crippen molar-refractivity contribution in [1.82, 2.24) is 0 Å². The summed E-state index contributed by atoms with van der Waals surface area (Å²) in [6.07, 6.45) is 3.08. The van der Waals surface area contributed by atoms with Crippen LogP contribution in [-0.4, -0.2) is 18.8 Å². The molecule has 0 saturated heterocycles. The topological polar surface area (TPSA) is 39.4 Å². The van der Waals surface area contributed by atoms with Gasteiger partial charge in [0.1, 0.15) is 0 Å². The van der Waals surface area contributed by atoms with E-state index in [-0.39, 0.29) is 5.54 Å². The molecule has 0 fully saturated rings. The summed E-state index contributed by atoms with van der Waals surface area (Å²) in [7, 11) is 2.19. The zero-order chi connectivity index (χ0) is 18.2. The van der Waals surface area contributed by atoms with Gasteiger partial charge in [0.25, 0.3) is 0 Å². The molecule has 0 saturated carbocycles. The van der Waals surface area contributed by atoms with Gasteiger partial charge in [-0.2, -0.15) is 5.26 Å². The second-order valence-corrected chi connectivity index (χ2v) is 7.66. The molecule has 1 heterocycles. The Labute approximate surface area is 150 Å². The summed E-state index contributed by atoms with van der Waals surface area (Å²) in [6.45, 7) is 9.06. The molecule has 128 valence electrons. The van der Waals surface area contributed by atoms with E-state index in [1.807, 2.05) is 18.3 Å². The van der Waals surface area contributed by atoms with Gasteiger partial charge in [0.2, 0.25) is 0 Å². The average Bonchev–Trinajstić information content (AvgIpc) is 2.58. The van der Waals surface area contributed by atoms with E-state index in [1.54, 1.807) is 12.1 Å². The highest BCUT2D eigenvalue weighted by molar-refractivity contribution is 5.86. The molecule has 0 spiro atoms. The van der Waals surface area contributed by atoms with Crippen molar-refractivity contribution in [3.05, 3.63) is 58.7 Å². The van der Waals surface area contributed by atoms with Gasteiger partial charge in [-0.25, -0.2) is 0 Å². The lowest BCUT2D eigenvalue weighted by molar-refractivity contribution is 0.395. The molecule has 1 aliphatic rings. The van der Waals surface area contributed by atoms with Crippen LogP contribution in [0, 0.1) is 18.3 Å². The number of fused-ring (bicyclic) bond motifs is 1. The van der Waals surface area contributed by atoms with E-state index in [1.165, 1.54) is 16.8 Å². The lowest BCUT2D eigenvalue weighted by Gasteiger charge is -2.45. The van der Waals surface area contributed by atoms with E-state index in [0.29, 0.717) is 11.5 Å². The van der Waals surface area contributed by atoms with Crippen LogP contribution in [0.5, 0.6) is 0 Å². The molecule has 0 radical (unpaired) electrons. The van der Waals surface area contributed by atoms with Crippen LogP contribution in [0.3, 0.4) is 0 Å². The second-order valence-electron chi connectivity index (χ2n) is 7.66. The third kappa shape index (κ3) is 3.30. The van der Waals surface area contributed by atoms with Crippen molar-refractivity contribution < 1.29 is 0 Å². The number of anilines is 1.